The van der Waals surface area contributed by atoms with Crippen LogP contribution >= 0.6 is 23.4 Å². The summed E-state index contributed by atoms with van der Waals surface area (Å²) in [6.45, 7) is 1.82. The van der Waals surface area contributed by atoms with Gasteiger partial charge in [0, 0.05) is 11.1 Å². The summed E-state index contributed by atoms with van der Waals surface area (Å²) in [5, 5.41) is 5.73. The third-order valence-corrected chi connectivity index (χ3v) is 4.71. The van der Waals surface area contributed by atoms with Crippen LogP contribution in [0.15, 0.2) is 36.4 Å². The molecule has 0 fully saturated rings. The minimum absolute atomic E-state index is 0.0263. The molecule has 138 valence electrons. The highest BCUT2D eigenvalue weighted by molar-refractivity contribution is 8.00. The molecular weight excluding hydrogens is 379 g/mol. The van der Waals surface area contributed by atoms with E-state index in [2.05, 4.69) is 10.6 Å². The molecule has 0 heterocycles. The first-order chi connectivity index (χ1) is 12.4. The van der Waals surface area contributed by atoms with Crippen LogP contribution in [0.2, 0.25) is 5.02 Å². The topological polar surface area (TPSA) is 67.4 Å². The standard InChI is InChI=1S/C18H18ClFN2O3S/c1-11-7-15(16(25-2)8-12(11)19)22-18(24)10-26-9-17(23)21-14-6-4-3-5-13(14)20/h3-8H,9-10H2,1-2H3,(H,21,23)(H,22,24). The second kappa shape index (κ2) is 9.45. The number of carbonyl (C=O) groups excluding carboxylic acids is 2. The molecule has 0 aromatic heterocycles. The Bertz CT molecular complexity index is 817. The number of hydrogen-bond donors (Lipinski definition) is 2. The van der Waals surface area contributed by atoms with Crippen LogP contribution in [-0.2, 0) is 9.59 Å². The predicted molar refractivity (Wildman–Crippen MR) is 104 cm³/mol. The average molecular weight is 397 g/mol. The molecule has 0 spiro atoms. The summed E-state index contributed by atoms with van der Waals surface area (Å²) in [6, 6.07) is 9.24. The number of aryl methyl sites for hydroxylation is 1. The van der Waals surface area contributed by atoms with Gasteiger partial charge in [0.1, 0.15) is 11.6 Å². The van der Waals surface area contributed by atoms with E-state index in [1.54, 1.807) is 18.2 Å². The molecule has 0 atom stereocenters. The van der Waals surface area contributed by atoms with Crippen LogP contribution in [-0.4, -0.2) is 30.4 Å². The fourth-order valence-electron chi connectivity index (χ4n) is 2.10. The van der Waals surface area contributed by atoms with E-state index in [4.69, 9.17) is 16.3 Å². The zero-order valence-electron chi connectivity index (χ0n) is 14.3. The Labute approximate surface area is 160 Å². The molecule has 0 aliphatic carbocycles. The van der Waals surface area contributed by atoms with Crippen molar-refractivity contribution in [3.05, 3.63) is 52.8 Å². The molecule has 0 bridgehead atoms. The van der Waals surface area contributed by atoms with Crippen molar-refractivity contribution in [1.29, 1.82) is 0 Å². The summed E-state index contributed by atoms with van der Waals surface area (Å²) in [4.78, 5) is 23.9. The van der Waals surface area contributed by atoms with Crippen molar-refractivity contribution >= 4 is 46.6 Å². The number of amides is 2. The van der Waals surface area contributed by atoms with E-state index in [1.165, 1.54) is 25.3 Å². The highest BCUT2D eigenvalue weighted by atomic mass is 35.5. The highest BCUT2D eigenvalue weighted by Crippen LogP contribution is 2.31. The van der Waals surface area contributed by atoms with Crippen LogP contribution in [0.4, 0.5) is 15.8 Å². The van der Waals surface area contributed by atoms with Crippen molar-refractivity contribution in [2.75, 3.05) is 29.2 Å². The third-order valence-electron chi connectivity index (χ3n) is 3.37. The molecule has 0 unspecified atom stereocenters. The van der Waals surface area contributed by atoms with Crippen LogP contribution in [0.5, 0.6) is 5.75 Å². The Morgan fingerprint density at radius 2 is 1.73 bits per heavy atom. The third kappa shape index (κ3) is 5.64. The lowest BCUT2D eigenvalue weighted by Gasteiger charge is -2.12. The molecule has 2 N–H and O–H groups in total. The van der Waals surface area contributed by atoms with E-state index in [0.29, 0.717) is 16.5 Å². The van der Waals surface area contributed by atoms with E-state index in [9.17, 15) is 14.0 Å². The van der Waals surface area contributed by atoms with Gasteiger partial charge in [-0.25, -0.2) is 4.39 Å². The van der Waals surface area contributed by atoms with Gasteiger partial charge in [-0.05, 0) is 30.7 Å². The van der Waals surface area contributed by atoms with Gasteiger partial charge in [-0.1, -0.05) is 23.7 Å². The Hall–Kier alpha value is -2.25. The second-order valence-electron chi connectivity index (χ2n) is 5.37. The molecule has 2 aromatic rings. The number of carbonyl (C=O) groups is 2. The minimum atomic E-state index is -0.506. The number of halogens is 2. The molecular formula is C18H18ClFN2O3S. The van der Waals surface area contributed by atoms with Crippen molar-refractivity contribution in [2.24, 2.45) is 0 Å². The lowest BCUT2D eigenvalue weighted by molar-refractivity contribution is -0.114. The monoisotopic (exact) mass is 396 g/mol. The molecule has 0 aliphatic heterocycles. The number of benzene rings is 2. The number of methoxy groups -OCH3 is 1. The number of nitrogens with one attached hydrogen (secondary N) is 2. The molecule has 0 saturated carbocycles. The Morgan fingerprint density at radius 3 is 2.35 bits per heavy atom. The Kier molecular flexibility index (Phi) is 7.29. The average Bonchev–Trinajstić information content (AvgIpc) is 2.60. The highest BCUT2D eigenvalue weighted by Gasteiger charge is 2.12. The largest absolute Gasteiger partial charge is 0.495 e. The van der Waals surface area contributed by atoms with Gasteiger partial charge in [-0.2, -0.15) is 0 Å². The van der Waals surface area contributed by atoms with Gasteiger partial charge in [0.05, 0.1) is 30.0 Å². The fourth-order valence-corrected chi connectivity index (χ4v) is 2.87. The lowest BCUT2D eigenvalue weighted by Crippen LogP contribution is -2.19. The van der Waals surface area contributed by atoms with E-state index >= 15 is 0 Å². The predicted octanol–water partition coefficient (Wildman–Crippen LogP) is 4.11. The van der Waals surface area contributed by atoms with Crippen LogP contribution < -0.4 is 15.4 Å². The molecule has 0 radical (unpaired) electrons. The second-order valence-corrected chi connectivity index (χ2v) is 6.76. The van der Waals surface area contributed by atoms with Gasteiger partial charge < -0.3 is 15.4 Å². The number of rotatable bonds is 7. The van der Waals surface area contributed by atoms with E-state index in [0.717, 1.165) is 17.3 Å². The normalized spacial score (nSPS) is 10.3. The van der Waals surface area contributed by atoms with Gasteiger partial charge in [-0.3, -0.25) is 9.59 Å². The lowest BCUT2D eigenvalue weighted by atomic mass is 10.2. The summed E-state index contributed by atoms with van der Waals surface area (Å²) in [5.74, 6) is -0.625. The SMILES string of the molecule is COc1cc(Cl)c(C)cc1NC(=O)CSCC(=O)Nc1ccccc1F. The maximum absolute atomic E-state index is 13.5. The molecule has 0 aliphatic rings. The van der Waals surface area contributed by atoms with Crippen molar-refractivity contribution in [3.8, 4) is 5.75 Å². The number of hydrogen-bond acceptors (Lipinski definition) is 4. The molecule has 26 heavy (non-hydrogen) atoms. The zero-order chi connectivity index (χ0) is 19.1. The maximum Gasteiger partial charge on any atom is 0.234 e. The summed E-state index contributed by atoms with van der Waals surface area (Å²) in [7, 11) is 1.48. The minimum Gasteiger partial charge on any atom is -0.495 e. The number of ether oxygens (including phenoxy) is 1. The maximum atomic E-state index is 13.5. The molecule has 2 aromatic carbocycles. The summed E-state index contributed by atoms with van der Waals surface area (Å²) >= 11 is 7.15. The molecule has 2 amide bonds. The number of thioether (sulfide) groups is 1. The van der Waals surface area contributed by atoms with Crippen molar-refractivity contribution in [2.45, 2.75) is 6.92 Å². The van der Waals surface area contributed by atoms with Gasteiger partial charge in [-0.15, -0.1) is 11.8 Å². The van der Waals surface area contributed by atoms with Gasteiger partial charge in [0.2, 0.25) is 11.8 Å². The van der Waals surface area contributed by atoms with E-state index in [1.807, 2.05) is 6.92 Å². The summed E-state index contributed by atoms with van der Waals surface area (Å²) < 4.78 is 18.7. The van der Waals surface area contributed by atoms with Gasteiger partial charge in [0.15, 0.2) is 0 Å². The summed E-state index contributed by atoms with van der Waals surface area (Å²) in [6.07, 6.45) is 0. The number of anilines is 2. The first-order valence-electron chi connectivity index (χ1n) is 7.67. The van der Waals surface area contributed by atoms with Crippen LogP contribution in [0.25, 0.3) is 0 Å². The summed E-state index contributed by atoms with van der Waals surface area (Å²) in [5.41, 5.74) is 1.43. The zero-order valence-corrected chi connectivity index (χ0v) is 15.8. The van der Waals surface area contributed by atoms with E-state index in [-0.39, 0.29) is 29.0 Å². The fraction of sp³-hybridized carbons (Fsp3) is 0.222. The molecule has 2 rings (SSSR count). The van der Waals surface area contributed by atoms with Crippen molar-refractivity contribution in [1.82, 2.24) is 0 Å². The molecule has 5 nitrogen and oxygen atoms in total. The first kappa shape index (κ1) is 20.1. The Balaban J connectivity index is 1.83. The first-order valence-corrected chi connectivity index (χ1v) is 9.20. The molecule has 8 heteroatoms. The molecule has 0 saturated heterocycles. The van der Waals surface area contributed by atoms with Crippen LogP contribution in [0.3, 0.4) is 0 Å². The quantitative estimate of drug-likeness (QED) is 0.739. The van der Waals surface area contributed by atoms with Crippen LogP contribution in [0.1, 0.15) is 5.56 Å². The van der Waals surface area contributed by atoms with Gasteiger partial charge >= 0.3 is 0 Å². The number of para-hydroxylation sites is 1. The van der Waals surface area contributed by atoms with Crippen molar-refractivity contribution in [3.63, 3.8) is 0 Å². The van der Waals surface area contributed by atoms with E-state index < -0.39 is 5.82 Å². The van der Waals surface area contributed by atoms with Crippen molar-refractivity contribution < 1.29 is 18.7 Å². The smallest absolute Gasteiger partial charge is 0.234 e. The Morgan fingerprint density at radius 1 is 1.12 bits per heavy atom. The van der Waals surface area contributed by atoms with Crippen LogP contribution in [0, 0.1) is 12.7 Å². The van der Waals surface area contributed by atoms with Gasteiger partial charge in [0.25, 0.3) is 0 Å².